The van der Waals surface area contributed by atoms with E-state index in [9.17, 15) is 23.5 Å². The highest BCUT2D eigenvalue weighted by Crippen LogP contribution is 2.30. The molecule has 3 N–H and O–H groups in total. The fourth-order valence-electron chi connectivity index (χ4n) is 2.89. The number of aromatic hydroxyl groups is 1. The number of benzene rings is 2. The Morgan fingerprint density at radius 1 is 1.06 bits per heavy atom. The number of nitrogens with one attached hydrogen (secondary N) is 2. The summed E-state index contributed by atoms with van der Waals surface area (Å²) in [5.41, 5.74) is -0.169. The number of anilines is 1. The molecule has 2 aromatic rings. The summed E-state index contributed by atoms with van der Waals surface area (Å²) in [5.74, 6) is -3.48. The van der Waals surface area contributed by atoms with E-state index in [4.69, 9.17) is 4.74 Å². The van der Waals surface area contributed by atoms with Crippen molar-refractivity contribution >= 4 is 23.1 Å². The molecular weight excluding hydrogens is 406 g/mol. The van der Waals surface area contributed by atoms with Crippen LogP contribution in [0.3, 0.4) is 0 Å². The van der Waals surface area contributed by atoms with Gasteiger partial charge in [0.1, 0.15) is 29.8 Å². The molecule has 0 atom stereocenters. The average molecular weight is 430 g/mol. The summed E-state index contributed by atoms with van der Waals surface area (Å²) in [7, 11) is 0. The zero-order chi connectivity index (χ0) is 23.1. The van der Waals surface area contributed by atoms with Crippen molar-refractivity contribution in [3.8, 4) is 5.75 Å². The van der Waals surface area contributed by atoms with Crippen molar-refractivity contribution in [1.29, 1.82) is 0 Å². The number of fused-ring (bicyclic) bond motifs is 4. The molecule has 0 radical (unpaired) electrons. The molecule has 0 spiro atoms. The molecule has 6 nitrogen and oxygen atoms in total. The van der Waals surface area contributed by atoms with Gasteiger partial charge in [0.05, 0.1) is 17.8 Å². The van der Waals surface area contributed by atoms with E-state index in [2.05, 4.69) is 17.2 Å². The number of phenolic OH excluding ortho intramolecular Hbond substituents is 1. The molecule has 1 aliphatic heterocycles. The molecule has 3 rings (SSSR count). The van der Waals surface area contributed by atoms with Crippen molar-refractivity contribution in [3.63, 3.8) is 0 Å². The quantitative estimate of drug-likeness (QED) is 0.569. The number of phenols is 1. The molecule has 0 aromatic heterocycles. The van der Waals surface area contributed by atoms with Gasteiger partial charge in [0.25, 0.3) is 11.8 Å². The topological polar surface area (TPSA) is 87.7 Å². The molecule has 2 aromatic carbocycles. The molecule has 0 aliphatic carbocycles. The first kappa shape index (κ1) is 23.6. The van der Waals surface area contributed by atoms with E-state index in [-0.39, 0.29) is 46.9 Å². The number of carbonyl (C=O) groups excluding carboxylic acids is 2. The van der Waals surface area contributed by atoms with Crippen LogP contribution < -0.4 is 10.6 Å². The van der Waals surface area contributed by atoms with Gasteiger partial charge < -0.3 is 20.5 Å². The van der Waals surface area contributed by atoms with Crippen molar-refractivity contribution < 1.29 is 28.2 Å². The maximum Gasteiger partial charge on any atom is 0.259 e. The van der Waals surface area contributed by atoms with Crippen LogP contribution in [-0.4, -0.2) is 30.1 Å². The molecule has 0 saturated carbocycles. The van der Waals surface area contributed by atoms with E-state index in [0.717, 1.165) is 6.07 Å². The maximum absolute atomic E-state index is 14.4. The van der Waals surface area contributed by atoms with Crippen molar-refractivity contribution in [3.05, 3.63) is 77.1 Å². The number of ether oxygens (including phenoxy) is 1. The lowest BCUT2D eigenvalue weighted by Gasteiger charge is -2.15. The van der Waals surface area contributed by atoms with Gasteiger partial charge in [-0.15, -0.1) is 0 Å². The molecule has 0 unspecified atom stereocenters. The van der Waals surface area contributed by atoms with Gasteiger partial charge >= 0.3 is 0 Å². The van der Waals surface area contributed by atoms with Crippen LogP contribution in [0.25, 0.3) is 5.57 Å². The highest BCUT2D eigenvalue weighted by molar-refractivity contribution is 6.08. The third kappa shape index (κ3) is 5.28. The number of halogens is 2. The molecule has 2 amide bonds. The predicted octanol–water partition coefficient (Wildman–Crippen LogP) is 4.63. The Balaban J connectivity index is 0.00000166. The second-order valence-electron chi connectivity index (χ2n) is 6.23. The van der Waals surface area contributed by atoms with Crippen molar-refractivity contribution in [2.45, 2.75) is 20.8 Å². The van der Waals surface area contributed by atoms with Gasteiger partial charge in [0.2, 0.25) is 0 Å². The second kappa shape index (κ2) is 10.4. The zero-order valence-corrected chi connectivity index (χ0v) is 17.5. The van der Waals surface area contributed by atoms with Gasteiger partial charge in [0.15, 0.2) is 0 Å². The number of rotatable bonds is 0. The number of hydrogen-bond donors (Lipinski definition) is 3. The van der Waals surface area contributed by atoms with E-state index in [1.807, 2.05) is 13.8 Å². The zero-order valence-electron chi connectivity index (χ0n) is 17.5. The highest BCUT2D eigenvalue weighted by atomic mass is 19.1. The Morgan fingerprint density at radius 2 is 1.77 bits per heavy atom. The van der Waals surface area contributed by atoms with Gasteiger partial charge in [-0.05, 0) is 31.2 Å². The van der Waals surface area contributed by atoms with E-state index in [0.29, 0.717) is 6.07 Å². The third-order valence-electron chi connectivity index (χ3n) is 4.35. The first-order chi connectivity index (χ1) is 14.8. The average Bonchev–Trinajstić information content (AvgIpc) is 2.75. The van der Waals surface area contributed by atoms with Crippen LogP contribution in [-0.2, 0) is 4.74 Å². The molecule has 8 heteroatoms. The summed E-state index contributed by atoms with van der Waals surface area (Å²) in [6.45, 7) is 9.56. The first-order valence-corrected chi connectivity index (χ1v) is 9.72. The summed E-state index contributed by atoms with van der Waals surface area (Å²) < 4.78 is 34.2. The lowest BCUT2D eigenvalue weighted by Crippen LogP contribution is -2.27. The molecule has 1 aliphatic rings. The van der Waals surface area contributed by atoms with Gasteiger partial charge in [-0.3, -0.25) is 9.59 Å². The van der Waals surface area contributed by atoms with Gasteiger partial charge in [-0.1, -0.05) is 26.5 Å². The molecule has 164 valence electrons. The lowest BCUT2D eigenvalue weighted by molar-refractivity contribution is 0.0941. The Kier molecular flexibility index (Phi) is 7.90. The first-order valence-electron chi connectivity index (χ1n) is 9.72. The van der Waals surface area contributed by atoms with Crippen molar-refractivity contribution in [2.75, 3.05) is 18.5 Å². The second-order valence-corrected chi connectivity index (χ2v) is 6.23. The van der Waals surface area contributed by atoms with Gasteiger partial charge in [0, 0.05) is 22.8 Å². The summed E-state index contributed by atoms with van der Waals surface area (Å²) in [6, 6.07) is 5.47. The van der Waals surface area contributed by atoms with Crippen molar-refractivity contribution in [1.82, 2.24) is 5.32 Å². The summed E-state index contributed by atoms with van der Waals surface area (Å²) in [4.78, 5) is 24.8. The Hall–Kier alpha value is -3.68. The molecular formula is C23H24F2N2O4. The Labute approximate surface area is 179 Å². The third-order valence-corrected chi connectivity index (χ3v) is 4.35. The van der Waals surface area contributed by atoms with Crippen molar-refractivity contribution in [2.24, 2.45) is 0 Å². The van der Waals surface area contributed by atoms with Crippen LogP contribution in [0.1, 0.15) is 47.1 Å². The van der Waals surface area contributed by atoms with Gasteiger partial charge in [-0.2, -0.15) is 0 Å². The molecule has 0 fully saturated rings. The summed E-state index contributed by atoms with van der Waals surface area (Å²) in [5, 5.41) is 14.9. The fourth-order valence-corrected chi connectivity index (χ4v) is 2.89. The molecule has 1 heterocycles. The minimum atomic E-state index is -1.00. The standard InChI is InChI=1S/C21H18F2N2O4.C2H6/c1-3-13-11(2)29-7-6-24-20(27)12-4-5-19(26)15(8-12)21(28)25-18-9-14(13)16(22)10-17(18)23;1-2/h3-5,8-10,26H,2,6-7H2,1H3,(H,24,27)(H,25,28);1-2H3/b13-3+;. The lowest BCUT2D eigenvalue weighted by atomic mass is 10.0. The van der Waals surface area contributed by atoms with Crippen LogP contribution in [0.15, 0.2) is 48.7 Å². The van der Waals surface area contributed by atoms with E-state index >= 15 is 0 Å². The number of amides is 2. The van der Waals surface area contributed by atoms with Crippen LogP contribution in [0.5, 0.6) is 5.75 Å². The molecule has 31 heavy (non-hydrogen) atoms. The van der Waals surface area contributed by atoms with Crippen LogP contribution in [0, 0.1) is 11.6 Å². The summed E-state index contributed by atoms with van der Waals surface area (Å²) >= 11 is 0. The highest BCUT2D eigenvalue weighted by Gasteiger charge is 2.20. The normalized spacial score (nSPS) is 15.5. The number of allylic oxidation sites excluding steroid dienone is 2. The van der Waals surface area contributed by atoms with E-state index in [1.54, 1.807) is 6.92 Å². The summed E-state index contributed by atoms with van der Waals surface area (Å²) in [6.07, 6.45) is 1.54. The largest absolute Gasteiger partial charge is 0.507 e. The number of carbonyl (C=O) groups is 2. The van der Waals surface area contributed by atoms with Gasteiger partial charge in [-0.25, -0.2) is 8.78 Å². The molecule has 0 saturated heterocycles. The van der Waals surface area contributed by atoms with Crippen LogP contribution in [0.4, 0.5) is 14.5 Å². The monoisotopic (exact) mass is 430 g/mol. The smallest absolute Gasteiger partial charge is 0.259 e. The minimum absolute atomic E-state index is 0.0221. The minimum Gasteiger partial charge on any atom is -0.507 e. The number of hydrogen-bond acceptors (Lipinski definition) is 4. The van der Waals surface area contributed by atoms with Crippen LogP contribution in [0.2, 0.25) is 0 Å². The molecule has 4 bridgehead atoms. The SMILES string of the molecule is C=C1OCCNC(=O)c2ccc(O)c(c2)C(=O)Nc2cc(c(F)cc2F)/C1=C/C.CC. The Bertz CT molecular complexity index is 1050. The maximum atomic E-state index is 14.4. The van der Waals surface area contributed by atoms with E-state index in [1.165, 1.54) is 24.3 Å². The van der Waals surface area contributed by atoms with Crippen LogP contribution >= 0.6 is 0 Å². The fraction of sp³-hybridized carbons (Fsp3) is 0.217. The predicted molar refractivity (Wildman–Crippen MR) is 115 cm³/mol. The van der Waals surface area contributed by atoms with E-state index < -0.39 is 29.2 Å². The Morgan fingerprint density at radius 3 is 2.45 bits per heavy atom.